The number of hydrogen-bond donors (Lipinski definition) is 1. The summed E-state index contributed by atoms with van der Waals surface area (Å²) in [5, 5.41) is 9.68. The van der Waals surface area contributed by atoms with E-state index < -0.39 is 23.2 Å². The maximum Gasteiger partial charge on any atom is 0.312 e. The topological polar surface area (TPSA) is 55.8 Å². The fourth-order valence-electron chi connectivity index (χ4n) is 2.25. The summed E-state index contributed by atoms with van der Waals surface area (Å²) in [5.41, 5.74) is -1.30. The second kappa shape index (κ2) is 3.21. The summed E-state index contributed by atoms with van der Waals surface area (Å²) in [6.45, 7) is 7.17. The number of carbonyl (C=O) groups is 1. The van der Waals surface area contributed by atoms with Gasteiger partial charge in [0.2, 0.25) is 0 Å². The fraction of sp³-hybridized carbons (Fsp3) is 0.900. The van der Waals surface area contributed by atoms with Gasteiger partial charge in [-0.2, -0.15) is 0 Å². The Hall–Kier alpha value is -0.610. The standard InChI is InChI=1S/C10H18O4/c1-9(2)6(7(11)13-5)10(3,4)14-8(9)12/h6,8,12H,1-5H3. The van der Waals surface area contributed by atoms with Crippen LogP contribution in [0.2, 0.25) is 0 Å². The zero-order valence-corrected chi connectivity index (χ0v) is 9.33. The van der Waals surface area contributed by atoms with Crippen LogP contribution >= 0.6 is 0 Å². The van der Waals surface area contributed by atoms with Gasteiger partial charge in [0, 0.05) is 5.41 Å². The third-order valence-corrected chi connectivity index (χ3v) is 2.93. The van der Waals surface area contributed by atoms with Crippen molar-refractivity contribution in [3.8, 4) is 0 Å². The smallest absolute Gasteiger partial charge is 0.312 e. The third kappa shape index (κ3) is 1.53. The van der Waals surface area contributed by atoms with Crippen LogP contribution in [0.1, 0.15) is 27.7 Å². The van der Waals surface area contributed by atoms with Crippen molar-refractivity contribution >= 4 is 5.97 Å². The van der Waals surface area contributed by atoms with Crippen molar-refractivity contribution in [2.45, 2.75) is 39.6 Å². The Balaban J connectivity index is 3.05. The van der Waals surface area contributed by atoms with E-state index in [-0.39, 0.29) is 5.97 Å². The highest BCUT2D eigenvalue weighted by Crippen LogP contribution is 2.48. The molecule has 0 saturated carbocycles. The van der Waals surface area contributed by atoms with E-state index in [0.717, 1.165) is 0 Å². The number of carbonyl (C=O) groups excluding carboxylic acids is 1. The van der Waals surface area contributed by atoms with Gasteiger partial charge in [0.05, 0.1) is 18.6 Å². The molecule has 1 aliphatic heterocycles. The SMILES string of the molecule is COC(=O)C1C(C)(C)OC(O)C1(C)C. The van der Waals surface area contributed by atoms with Gasteiger partial charge in [-0.1, -0.05) is 13.8 Å². The molecule has 14 heavy (non-hydrogen) atoms. The van der Waals surface area contributed by atoms with Crippen LogP contribution in [0.25, 0.3) is 0 Å². The normalized spacial score (nSPS) is 34.1. The Bertz CT molecular complexity index is 245. The van der Waals surface area contributed by atoms with Crippen molar-refractivity contribution in [1.82, 2.24) is 0 Å². The maximum absolute atomic E-state index is 11.6. The lowest BCUT2D eigenvalue weighted by Gasteiger charge is -2.29. The van der Waals surface area contributed by atoms with Crippen molar-refractivity contribution in [1.29, 1.82) is 0 Å². The number of methoxy groups -OCH3 is 1. The molecule has 1 heterocycles. The molecule has 1 rings (SSSR count). The van der Waals surface area contributed by atoms with Crippen molar-refractivity contribution in [2.24, 2.45) is 11.3 Å². The fourth-order valence-corrected chi connectivity index (χ4v) is 2.25. The lowest BCUT2D eigenvalue weighted by atomic mass is 9.73. The molecule has 4 nitrogen and oxygen atoms in total. The molecular weight excluding hydrogens is 184 g/mol. The molecule has 1 fully saturated rings. The first-order valence-electron chi connectivity index (χ1n) is 4.67. The maximum atomic E-state index is 11.6. The largest absolute Gasteiger partial charge is 0.469 e. The molecule has 1 aliphatic rings. The number of aliphatic hydroxyl groups excluding tert-OH is 1. The van der Waals surface area contributed by atoms with Gasteiger partial charge < -0.3 is 14.6 Å². The molecule has 4 heteroatoms. The van der Waals surface area contributed by atoms with E-state index in [4.69, 9.17) is 9.47 Å². The van der Waals surface area contributed by atoms with E-state index in [0.29, 0.717) is 0 Å². The van der Waals surface area contributed by atoms with Gasteiger partial charge in [-0.25, -0.2) is 0 Å². The van der Waals surface area contributed by atoms with Gasteiger partial charge in [-0.15, -0.1) is 0 Å². The summed E-state index contributed by atoms with van der Waals surface area (Å²) in [5.74, 6) is -0.786. The van der Waals surface area contributed by atoms with Crippen molar-refractivity contribution in [3.05, 3.63) is 0 Å². The van der Waals surface area contributed by atoms with Crippen LogP contribution in [0.5, 0.6) is 0 Å². The molecule has 2 atom stereocenters. The summed E-state index contributed by atoms with van der Waals surface area (Å²) in [6, 6.07) is 0. The minimum atomic E-state index is -0.929. The second-order valence-electron chi connectivity index (χ2n) is 4.85. The molecule has 0 radical (unpaired) electrons. The predicted molar refractivity (Wildman–Crippen MR) is 50.5 cm³/mol. The first-order valence-corrected chi connectivity index (χ1v) is 4.67. The van der Waals surface area contributed by atoms with Crippen molar-refractivity contribution < 1.29 is 19.4 Å². The predicted octanol–water partition coefficient (Wildman–Crippen LogP) is 0.929. The molecule has 0 aromatic carbocycles. The van der Waals surface area contributed by atoms with Gasteiger partial charge in [-0.3, -0.25) is 4.79 Å². The van der Waals surface area contributed by atoms with E-state index in [1.807, 2.05) is 0 Å². The summed E-state index contributed by atoms with van der Waals surface area (Å²) in [4.78, 5) is 11.6. The molecule has 0 spiro atoms. The van der Waals surface area contributed by atoms with Gasteiger partial charge in [0.25, 0.3) is 0 Å². The molecule has 0 aliphatic carbocycles. The third-order valence-electron chi connectivity index (χ3n) is 2.93. The van der Waals surface area contributed by atoms with Crippen LogP contribution in [0.15, 0.2) is 0 Å². The van der Waals surface area contributed by atoms with Gasteiger partial charge in [-0.05, 0) is 13.8 Å². The number of hydrogen-bond acceptors (Lipinski definition) is 4. The Morgan fingerprint density at radius 1 is 1.36 bits per heavy atom. The number of aliphatic hydroxyl groups is 1. The van der Waals surface area contributed by atoms with E-state index in [2.05, 4.69) is 0 Å². The lowest BCUT2D eigenvalue weighted by molar-refractivity contribution is -0.155. The van der Waals surface area contributed by atoms with Crippen LogP contribution < -0.4 is 0 Å². The molecule has 0 aromatic rings. The van der Waals surface area contributed by atoms with Crippen molar-refractivity contribution in [3.63, 3.8) is 0 Å². The van der Waals surface area contributed by atoms with Crippen LogP contribution in [0, 0.1) is 11.3 Å². The summed E-state index contributed by atoms with van der Waals surface area (Å²) in [7, 11) is 1.35. The van der Waals surface area contributed by atoms with Gasteiger partial charge >= 0.3 is 5.97 Å². The molecule has 82 valence electrons. The highest BCUT2D eigenvalue weighted by molar-refractivity contribution is 5.75. The van der Waals surface area contributed by atoms with Gasteiger partial charge in [0.1, 0.15) is 0 Å². The monoisotopic (exact) mass is 202 g/mol. The first-order chi connectivity index (χ1) is 6.23. The highest BCUT2D eigenvalue weighted by atomic mass is 16.6. The lowest BCUT2D eigenvalue weighted by Crippen LogP contribution is -2.41. The van der Waals surface area contributed by atoms with E-state index in [9.17, 15) is 9.90 Å². The zero-order chi connectivity index (χ0) is 11.1. The summed E-state index contributed by atoms with van der Waals surface area (Å²) < 4.78 is 10.1. The molecule has 0 aromatic heterocycles. The van der Waals surface area contributed by atoms with E-state index in [1.165, 1.54) is 7.11 Å². The number of esters is 1. The Morgan fingerprint density at radius 3 is 2.14 bits per heavy atom. The minimum Gasteiger partial charge on any atom is -0.469 e. The van der Waals surface area contributed by atoms with Crippen LogP contribution in [-0.4, -0.2) is 30.1 Å². The zero-order valence-electron chi connectivity index (χ0n) is 9.33. The van der Waals surface area contributed by atoms with Gasteiger partial charge in [0.15, 0.2) is 6.29 Å². The quantitative estimate of drug-likeness (QED) is 0.643. The van der Waals surface area contributed by atoms with Crippen molar-refractivity contribution in [2.75, 3.05) is 7.11 Å². The van der Waals surface area contributed by atoms with Crippen LogP contribution in [-0.2, 0) is 14.3 Å². The Morgan fingerprint density at radius 2 is 1.86 bits per heavy atom. The van der Waals surface area contributed by atoms with Crippen LogP contribution in [0.4, 0.5) is 0 Å². The first kappa shape index (κ1) is 11.5. The molecule has 1 saturated heterocycles. The Labute approximate surface area is 84.2 Å². The van der Waals surface area contributed by atoms with E-state index >= 15 is 0 Å². The average molecular weight is 202 g/mol. The molecule has 1 N–H and O–H groups in total. The summed E-state index contributed by atoms with van der Waals surface area (Å²) in [6.07, 6.45) is -0.929. The number of ether oxygens (including phenoxy) is 2. The average Bonchev–Trinajstić information content (AvgIpc) is 2.16. The van der Waals surface area contributed by atoms with Crippen LogP contribution in [0.3, 0.4) is 0 Å². The van der Waals surface area contributed by atoms with E-state index in [1.54, 1.807) is 27.7 Å². The molecular formula is C10H18O4. The molecule has 0 amide bonds. The molecule has 0 bridgehead atoms. The highest BCUT2D eigenvalue weighted by Gasteiger charge is 2.58. The minimum absolute atomic E-state index is 0.337. The molecule has 2 unspecified atom stereocenters. The Kier molecular flexibility index (Phi) is 2.63. The summed E-state index contributed by atoms with van der Waals surface area (Å²) >= 11 is 0. The number of rotatable bonds is 1. The second-order valence-corrected chi connectivity index (χ2v) is 4.85.